The number of nitrogens with two attached hydrogens (primary N) is 1. The Balaban J connectivity index is 2.72. The highest BCUT2D eigenvalue weighted by Gasteiger charge is 2.13. The third kappa shape index (κ3) is 5.16. The lowest BCUT2D eigenvalue weighted by molar-refractivity contribution is -0.133. The number of primary amides is 1. The fourth-order valence-corrected chi connectivity index (χ4v) is 2.13. The Kier molecular flexibility index (Phi) is 6.13. The van der Waals surface area contributed by atoms with E-state index in [9.17, 15) is 9.59 Å². The van der Waals surface area contributed by atoms with E-state index in [4.69, 9.17) is 10.8 Å². The molecule has 8 nitrogen and oxygen atoms in total. The van der Waals surface area contributed by atoms with Crippen LogP contribution in [-0.2, 0) is 22.5 Å². The lowest BCUT2D eigenvalue weighted by Crippen LogP contribution is -2.18. The maximum Gasteiger partial charge on any atom is 0.404 e. The van der Waals surface area contributed by atoms with Crippen LogP contribution in [0.5, 0.6) is 0 Å². The Morgan fingerprint density at radius 2 is 2.21 bits per heavy atom. The highest BCUT2D eigenvalue weighted by Crippen LogP contribution is 2.17. The first kappa shape index (κ1) is 15.3. The first-order valence-corrected chi connectivity index (χ1v) is 6.72. The number of carboxylic acids is 1. The number of aryl methyl sites for hydroxylation is 1. The molecule has 0 aliphatic heterocycles. The van der Waals surface area contributed by atoms with E-state index in [-0.39, 0.29) is 12.4 Å². The van der Waals surface area contributed by atoms with Gasteiger partial charge in [0.15, 0.2) is 5.16 Å². The maximum atomic E-state index is 10.6. The van der Waals surface area contributed by atoms with Crippen molar-refractivity contribution in [1.82, 2.24) is 14.8 Å². The van der Waals surface area contributed by atoms with E-state index < -0.39 is 12.1 Å². The molecule has 0 spiro atoms. The molecule has 0 radical (unpaired) electrons. The van der Waals surface area contributed by atoms with Crippen molar-refractivity contribution in [3.05, 3.63) is 5.82 Å². The SMILES string of the molecule is CCCc1nnc(SCC(=O)O)n1CCOC(N)=O. The van der Waals surface area contributed by atoms with Crippen LogP contribution in [-0.4, -0.2) is 44.3 Å². The number of ether oxygens (including phenoxy) is 1. The standard InChI is InChI=1S/C10H16N4O4S/c1-2-3-7-12-13-10(19-6-8(15)16)14(7)4-5-18-9(11)17/h2-6H2,1H3,(H2,11,17)(H,15,16). The molecule has 1 aromatic heterocycles. The lowest BCUT2D eigenvalue weighted by Gasteiger charge is -2.08. The third-order valence-corrected chi connectivity index (χ3v) is 3.10. The first-order valence-electron chi connectivity index (χ1n) is 5.73. The largest absolute Gasteiger partial charge is 0.481 e. The van der Waals surface area contributed by atoms with Gasteiger partial charge in [-0.15, -0.1) is 10.2 Å². The zero-order valence-corrected chi connectivity index (χ0v) is 11.4. The molecule has 1 aromatic rings. The Labute approximate surface area is 114 Å². The van der Waals surface area contributed by atoms with E-state index in [0.717, 1.165) is 30.4 Å². The Morgan fingerprint density at radius 1 is 1.47 bits per heavy atom. The zero-order valence-electron chi connectivity index (χ0n) is 10.5. The number of amides is 1. The minimum Gasteiger partial charge on any atom is -0.481 e. The lowest BCUT2D eigenvalue weighted by atomic mass is 10.3. The molecule has 0 saturated carbocycles. The smallest absolute Gasteiger partial charge is 0.404 e. The van der Waals surface area contributed by atoms with E-state index in [1.165, 1.54) is 0 Å². The monoisotopic (exact) mass is 288 g/mol. The summed E-state index contributed by atoms with van der Waals surface area (Å²) in [6.45, 7) is 2.46. The molecule has 0 aromatic carbocycles. The second-order valence-electron chi connectivity index (χ2n) is 3.65. The molecule has 0 fully saturated rings. The summed E-state index contributed by atoms with van der Waals surface area (Å²) in [6, 6.07) is 0. The number of carboxylic acid groups (broad SMARTS) is 1. The molecule has 0 atom stereocenters. The van der Waals surface area contributed by atoms with Crippen LogP contribution >= 0.6 is 11.8 Å². The van der Waals surface area contributed by atoms with Crippen LogP contribution in [0, 0.1) is 0 Å². The van der Waals surface area contributed by atoms with Crippen molar-refractivity contribution in [2.45, 2.75) is 31.5 Å². The molecule has 106 valence electrons. The number of thioether (sulfide) groups is 1. The Hall–Kier alpha value is -1.77. The number of hydrogen-bond donors (Lipinski definition) is 2. The summed E-state index contributed by atoms with van der Waals surface area (Å²) in [4.78, 5) is 21.1. The van der Waals surface area contributed by atoms with Gasteiger partial charge in [-0.2, -0.15) is 0 Å². The molecule has 0 saturated heterocycles. The summed E-state index contributed by atoms with van der Waals surface area (Å²) in [7, 11) is 0. The van der Waals surface area contributed by atoms with Crippen molar-refractivity contribution >= 4 is 23.8 Å². The molecule has 1 amide bonds. The van der Waals surface area contributed by atoms with E-state index >= 15 is 0 Å². The number of nitrogens with zero attached hydrogens (tertiary/aromatic N) is 3. The van der Waals surface area contributed by atoms with Crippen molar-refractivity contribution in [3.8, 4) is 0 Å². The van der Waals surface area contributed by atoms with Crippen molar-refractivity contribution < 1.29 is 19.4 Å². The minimum absolute atomic E-state index is 0.0963. The van der Waals surface area contributed by atoms with E-state index in [1.54, 1.807) is 4.57 Å². The van der Waals surface area contributed by atoms with Gasteiger partial charge in [-0.05, 0) is 6.42 Å². The van der Waals surface area contributed by atoms with Crippen molar-refractivity contribution in [2.75, 3.05) is 12.4 Å². The van der Waals surface area contributed by atoms with Gasteiger partial charge in [0.1, 0.15) is 12.4 Å². The van der Waals surface area contributed by atoms with E-state index in [0.29, 0.717) is 11.7 Å². The molecule has 0 aliphatic rings. The zero-order chi connectivity index (χ0) is 14.3. The van der Waals surface area contributed by atoms with Gasteiger partial charge in [-0.3, -0.25) is 4.79 Å². The number of carbonyl (C=O) groups excluding carboxylic acids is 1. The maximum absolute atomic E-state index is 10.6. The molecule has 1 rings (SSSR count). The van der Waals surface area contributed by atoms with Crippen LogP contribution < -0.4 is 5.73 Å². The van der Waals surface area contributed by atoms with Crippen LogP contribution in [0.15, 0.2) is 5.16 Å². The van der Waals surface area contributed by atoms with Crippen LogP contribution in [0.4, 0.5) is 4.79 Å². The molecule has 3 N–H and O–H groups in total. The third-order valence-electron chi connectivity index (χ3n) is 2.15. The summed E-state index contributed by atoms with van der Waals surface area (Å²) < 4.78 is 6.42. The molecular formula is C10H16N4O4S. The minimum atomic E-state index is -0.926. The van der Waals surface area contributed by atoms with Gasteiger partial charge in [0, 0.05) is 6.42 Å². The predicted octanol–water partition coefficient (Wildman–Crippen LogP) is 0.503. The molecule has 9 heteroatoms. The highest BCUT2D eigenvalue weighted by atomic mass is 32.2. The highest BCUT2D eigenvalue weighted by molar-refractivity contribution is 7.99. The van der Waals surface area contributed by atoms with Crippen LogP contribution in [0.1, 0.15) is 19.2 Å². The average molecular weight is 288 g/mol. The summed E-state index contributed by atoms with van der Waals surface area (Å²) in [5.74, 6) is -0.283. The molecule has 0 bridgehead atoms. The number of carbonyl (C=O) groups is 2. The number of hydrogen-bond acceptors (Lipinski definition) is 6. The second kappa shape index (κ2) is 7.62. The van der Waals surface area contributed by atoms with Gasteiger partial charge in [-0.1, -0.05) is 18.7 Å². The van der Waals surface area contributed by atoms with Crippen molar-refractivity contribution in [2.24, 2.45) is 5.73 Å². The number of aliphatic carboxylic acids is 1. The summed E-state index contributed by atoms with van der Waals surface area (Å²) >= 11 is 1.08. The Bertz CT molecular complexity index is 449. The van der Waals surface area contributed by atoms with Crippen LogP contribution in [0.25, 0.3) is 0 Å². The fourth-order valence-electron chi connectivity index (χ4n) is 1.42. The normalized spacial score (nSPS) is 10.4. The van der Waals surface area contributed by atoms with Gasteiger partial charge in [0.2, 0.25) is 0 Å². The van der Waals surface area contributed by atoms with Gasteiger partial charge in [0.05, 0.1) is 12.3 Å². The number of rotatable bonds is 8. The molecule has 19 heavy (non-hydrogen) atoms. The van der Waals surface area contributed by atoms with E-state index in [1.807, 2.05) is 6.92 Å². The predicted molar refractivity (Wildman–Crippen MR) is 67.9 cm³/mol. The first-order chi connectivity index (χ1) is 9.04. The van der Waals surface area contributed by atoms with Crippen LogP contribution in [0.2, 0.25) is 0 Å². The average Bonchev–Trinajstić information content (AvgIpc) is 2.70. The Morgan fingerprint density at radius 3 is 2.79 bits per heavy atom. The molecule has 0 unspecified atom stereocenters. The second-order valence-corrected chi connectivity index (χ2v) is 4.59. The summed E-state index contributed by atoms with van der Waals surface area (Å²) in [5, 5.41) is 17.1. The summed E-state index contributed by atoms with van der Waals surface area (Å²) in [6.07, 6.45) is 0.764. The van der Waals surface area contributed by atoms with Crippen LogP contribution in [0.3, 0.4) is 0 Å². The van der Waals surface area contributed by atoms with Gasteiger partial charge in [0.25, 0.3) is 0 Å². The quantitative estimate of drug-likeness (QED) is 0.668. The van der Waals surface area contributed by atoms with E-state index in [2.05, 4.69) is 14.9 Å². The van der Waals surface area contributed by atoms with Crippen molar-refractivity contribution in [3.63, 3.8) is 0 Å². The van der Waals surface area contributed by atoms with Gasteiger partial charge < -0.3 is 20.1 Å². The fraction of sp³-hybridized carbons (Fsp3) is 0.600. The number of aromatic nitrogens is 3. The molecule has 1 heterocycles. The van der Waals surface area contributed by atoms with Gasteiger partial charge >= 0.3 is 12.1 Å². The topological polar surface area (TPSA) is 120 Å². The van der Waals surface area contributed by atoms with Gasteiger partial charge in [-0.25, -0.2) is 4.79 Å². The van der Waals surface area contributed by atoms with Crippen molar-refractivity contribution in [1.29, 1.82) is 0 Å². The molecule has 0 aliphatic carbocycles. The summed E-state index contributed by atoms with van der Waals surface area (Å²) in [5.41, 5.74) is 4.88. The molecular weight excluding hydrogens is 272 g/mol.